The van der Waals surface area contributed by atoms with Crippen LogP contribution in [-0.4, -0.2) is 47.7 Å². The number of piperazine rings is 1. The molecule has 0 N–H and O–H groups in total. The second-order valence-corrected chi connectivity index (χ2v) is 6.48. The van der Waals surface area contributed by atoms with Crippen molar-refractivity contribution in [3.8, 4) is 11.8 Å². The minimum Gasteiger partial charge on any atom is -0.425 e. The number of aromatic nitrogens is 2. The standard InChI is InChI=1S/C18H25N7O/c1-4-25-17(14(2)21-22-19)13-20-18(25)26-16-7-5-6-15(12-16)24-10-8-23(3)9-11-24/h5-7,12-14H,4,8-11H2,1-3H3. The quantitative estimate of drug-likeness (QED) is 0.448. The molecule has 1 aliphatic rings. The molecule has 1 unspecified atom stereocenters. The lowest BCUT2D eigenvalue weighted by atomic mass is 10.2. The number of benzene rings is 1. The number of hydrogen-bond donors (Lipinski definition) is 0. The summed E-state index contributed by atoms with van der Waals surface area (Å²) in [4.78, 5) is 12.0. The van der Waals surface area contributed by atoms with Gasteiger partial charge in [-0.15, -0.1) is 0 Å². The normalized spacial score (nSPS) is 16.2. The molecule has 0 amide bonds. The third-order valence-corrected chi connectivity index (χ3v) is 4.71. The molecule has 1 aliphatic heterocycles. The van der Waals surface area contributed by atoms with E-state index in [9.17, 15) is 0 Å². The summed E-state index contributed by atoms with van der Waals surface area (Å²) in [5, 5.41) is 3.76. The summed E-state index contributed by atoms with van der Waals surface area (Å²) < 4.78 is 7.97. The van der Waals surface area contributed by atoms with Gasteiger partial charge in [0.25, 0.3) is 0 Å². The summed E-state index contributed by atoms with van der Waals surface area (Å²) in [5.41, 5.74) is 10.7. The largest absolute Gasteiger partial charge is 0.425 e. The van der Waals surface area contributed by atoms with Crippen LogP contribution in [0.25, 0.3) is 10.4 Å². The summed E-state index contributed by atoms with van der Waals surface area (Å²) in [6.45, 7) is 8.70. The van der Waals surface area contributed by atoms with Gasteiger partial charge in [-0.1, -0.05) is 18.1 Å². The number of ether oxygens (including phenoxy) is 1. The van der Waals surface area contributed by atoms with Crippen LogP contribution in [0.1, 0.15) is 25.6 Å². The zero-order chi connectivity index (χ0) is 18.5. The molecule has 1 aromatic heterocycles. The lowest BCUT2D eigenvalue weighted by Crippen LogP contribution is -2.44. The van der Waals surface area contributed by atoms with Crippen LogP contribution in [0.5, 0.6) is 11.8 Å². The van der Waals surface area contributed by atoms with Crippen LogP contribution < -0.4 is 9.64 Å². The fourth-order valence-electron chi connectivity index (χ4n) is 3.15. The third-order valence-electron chi connectivity index (χ3n) is 4.71. The summed E-state index contributed by atoms with van der Waals surface area (Å²) in [6.07, 6.45) is 1.71. The summed E-state index contributed by atoms with van der Waals surface area (Å²) >= 11 is 0. The van der Waals surface area contributed by atoms with Crippen molar-refractivity contribution < 1.29 is 4.74 Å². The second-order valence-electron chi connectivity index (χ2n) is 6.48. The Balaban J connectivity index is 1.79. The van der Waals surface area contributed by atoms with E-state index in [0.29, 0.717) is 12.6 Å². The average Bonchev–Trinajstić information content (AvgIpc) is 3.05. The minimum absolute atomic E-state index is 0.290. The van der Waals surface area contributed by atoms with Crippen molar-refractivity contribution in [1.82, 2.24) is 14.5 Å². The SMILES string of the molecule is CCn1c(C(C)N=[N+]=[N-])cnc1Oc1cccc(N2CCN(C)CC2)c1. The van der Waals surface area contributed by atoms with Gasteiger partial charge in [0.2, 0.25) is 0 Å². The van der Waals surface area contributed by atoms with Crippen LogP contribution in [-0.2, 0) is 6.54 Å². The summed E-state index contributed by atoms with van der Waals surface area (Å²) in [7, 11) is 2.15. The predicted molar refractivity (Wildman–Crippen MR) is 102 cm³/mol. The van der Waals surface area contributed by atoms with Gasteiger partial charge < -0.3 is 14.5 Å². The van der Waals surface area contributed by atoms with Crippen LogP contribution in [0.3, 0.4) is 0 Å². The van der Waals surface area contributed by atoms with Gasteiger partial charge in [0.15, 0.2) is 0 Å². The van der Waals surface area contributed by atoms with Crippen LogP contribution in [0.15, 0.2) is 35.6 Å². The Morgan fingerprint density at radius 3 is 2.77 bits per heavy atom. The maximum atomic E-state index is 8.66. The van der Waals surface area contributed by atoms with Gasteiger partial charge >= 0.3 is 6.01 Å². The first kappa shape index (κ1) is 18.1. The number of hydrogen-bond acceptors (Lipinski definition) is 5. The van der Waals surface area contributed by atoms with Gasteiger partial charge in [0, 0.05) is 55.1 Å². The topological polar surface area (TPSA) is 82.3 Å². The Kier molecular flexibility index (Phi) is 5.65. The van der Waals surface area contributed by atoms with Crippen molar-refractivity contribution in [2.24, 2.45) is 5.11 Å². The molecule has 1 fully saturated rings. The Bertz CT molecular complexity index is 789. The van der Waals surface area contributed by atoms with Crippen molar-refractivity contribution in [3.63, 3.8) is 0 Å². The van der Waals surface area contributed by atoms with Crippen LogP contribution in [0.2, 0.25) is 0 Å². The fourth-order valence-corrected chi connectivity index (χ4v) is 3.15. The monoisotopic (exact) mass is 355 g/mol. The number of likely N-dealkylation sites (N-methyl/N-ethyl adjacent to an activating group) is 1. The van der Waals surface area contributed by atoms with Crippen molar-refractivity contribution in [2.45, 2.75) is 26.4 Å². The first-order valence-electron chi connectivity index (χ1n) is 8.93. The van der Waals surface area contributed by atoms with E-state index in [1.54, 1.807) is 6.20 Å². The number of anilines is 1. The van der Waals surface area contributed by atoms with Gasteiger partial charge in [-0.2, -0.15) is 0 Å². The highest BCUT2D eigenvalue weighted by atomic mass is 16.5. The highest BCUT2D eigenvalue weighted by Gasteiger charge is 2.17. The minimum atomic E-state index is -0.290. The first-order valence-corrected chi connectivity index (χ1v) is 8.93. The van der Waals surface area contributed by atoms with Crippen molar-refractivity contribution in [2.75, 3.05) is 38.1 Å². The van der Waals surface area contributed by atoms with E-state index >= 15 is 0 Å². The summed E-state index contributed by atoms with van der Waals surface area (Å²) in [5.74, 6) is 0.754. The Hall–Kier alpha value is -2.70. The highest BCUT2D eigenvalue weighted by Crippen LogP contribution is 2.28. The van der Waals surface area contributed by atoms with Gasteiger partial charge in [-0.3, -0.25) is 4.57 Å². The molecular weight excluding hydrogens is 330 g/mol. The molecule has 8 heteroatoms. The molecule has 0 aliphatic carbocycles. The summed E-state index contributed by atoms with van der Waals surface area (Å²) in [6, 6.07) is 8.33. The average molecular weight is 355 g/mol. The first-order chi connectivity index (χ1) is 12.6. The van der Waals surface area contributed by atoms with E-state index < -0.39 is 0 Å². The Morgan fingerprint density at radius 1 is 1.31 bits per heavy atom. The molecule has 0 bridgehead atoms. The zero-order valence-electron chi connectivity index (χ0n) is 15.5. The molecule has 1 atom stereocenters. The molecule has 0 spiro atoms. The number of rotatable bonds is 6. The molecule has 8 nitrogen and oxygen atoms in total. The van der Waals surface area contributed by atoms with E-state index in [1.165, 1.54) is 0 Å². The molecule has 138 valence electrons. The van der Waals surface area contributed by atoms with Crippen molar-refractivity contribution >= 4 is 5.69 Å². The van der Waals surface area contributed by atoms with E-state index in [4.69, 9.17) is 10.3 Å². The van der Waals surface area contributed by atoms with Crippen LogP contribution in [0, 0.1) is 0 Å². The Labute approximate surface area is 153 Å². The smallest absolute Gasteiger partial charge is 0.302 e. The van der Waals surface area contributed by atoms with Crippen molar-refractivity contribution in [1.29, 1.82) is 0 Å². The molecule has 3 rings (SSSR count). The Morgan fingerprint density at radius 2 is 2.08 bits per heavy atom. The van der Waals surface area contributed by atoms with Gasteiger partial charge in [0.1, 0.15) is 5.75 Å². The lowest BCUT2D eigenvalue weighted by Gasteiger charge is -2.34. The van der Waals surface area contributed by atoms with E-state index in [1.807, 2.05) is 30.5 Å². The van der Waals surface area contributed by atoms with E-state index in [-0.39, 0.29) is 6.04 Å². The van der Waals surface area contributed by atoms with Crippen LogP contribution >= 0.6 is 0 Å². The third kappa shape index (κ3) is 3.92. The molecule has 26 heavy (non-hydrogen) atoms. The van der Waals surface area contributed by atoms with Crippen molar-refractivity contribution in [3.05, 3.63) is 46.6 Å². The maximum absolute atomic E-state index is 8.66. The molecule has 0 radical (unpaired) electrons. The maximum Gasteiger partial charge on any atom is 0.302 e. The molecule has 2 aromatic rings. The number of azide groups is 1. The number of nitrogens with zero attached hydrogens (tertiary/aromatic N) is 7. The molecular formula is C18H25N7O. The van der Waals surface area contributed by atoms with Gasteiger partial charge in [0.05, 0.1) is 12.2 Å². The fraction of sp³-hybridized carbons (Fsp3) is 0.500. The van der Waals surface area contributed by atoms with Crippen LogP contribution in [0.4, 0.5) is 5.69 Å². The molecule has 1 aromatic carbocycles. The van der Waals surface area contributed by atoms with Gasteiger partial charge in [-0.25, -0.2) is 4.98 Å². The highest BCUT2D eigenvalue weighted by molar-refractivity contribution is 5.51. The zero-order valence-corrected chi connectivity index (χ0v) is 15.5. The predicted octanol–water partition coefficient (Wildman–Crippen LogP) is 3.82. The van der Waals surface area contributed by atoms with E-state index in [0.717, 1.165) is 43.3 Å². The second kappa shape index (κ2) is 8.12. The van der Waals surface area contributed by atoms with E-state index in [2.05, 4.69) is 44.0 Å². The molecule has 0 saturated carbocycles. The van der Waals surface area contributed by atoms with Gasteiger partial charge in [-0.05, 0) is 31.6 Å². The number of imidazole rings is 1. The molecule has 1 saturated heterocycles. The lowest BCUT2D eigenvalue weighted by molar-refractivity contribution is 0.312. The molecule has 2 heterocycles.